The monoisotopic (exact) mass is 402 g/mol. The maximum Gasteiger partial charge on any atom is 0.338 e. The first-order chi connectivity index (χ1) is 13.3. The minimum atomic E-state index is -3.76. The molecule has 28 heavy (non-hydrogen) atoms. The Kier molecular flexibility index (Phi) is 7.48. The van der Waals surface area contributed by atoms with Crippen LogP contribution in [0.3, 0.4) is 0 Å². The predicted molar refractivity (Wildman–Crippen MR) is 105 cm³/mol. The number of hydrogen-bond acceptors (Lipinski definition) is 5. The molecule has 0 aliphatic rings. The molecule has 0 fully saturated rings. The van der Waals surface area contributed by atoms with Gasteiger partial charge >= 0.3 is 5.97 Å². The van der Waals surface area contributed by atoms with Gasteiger partial charge in [-0.1, -0.05) is 42.5 Å². The van der Waals surface area contributed by atoms with E-state index in [1.807, 2.05) is 37.3 Å². The number of nitrogens with one attached hydrogen (secondary N) is 2. The maximum absolute atomic E-state index is 12.2. The Morgan fingerprint density at radius 3 is 2.54 bits per heavy atom. The zero-order chi connectivity index (χ0) is 20.6. The predicted octanol–water partition coefficient (Wildman–Crippen LogP) is 2.19. The molecule has 0 aliphatic carbocycles. The highest BCUT2D eigenvalue weighted by Crippen LogP contribution is 2.13. The van der Waals surface area contributed by atoms with Gasteiger partial charge in [0, 0.05) is 6.54 Å². The van der Waals surface area contributed by atoms with Crippen molar-refractivity contribution >= 4 is 21.9 Å². The summed E-state index contributed by atoms with van der Waals surface area (Å²) >= 11 is 0. The van der Waals surface area contributed by atoms with Crippen LogP contribution in [0.5, 0.6) is 0 Å². The summed E-state index contributed by atoms with van der Waals surface area (Å²) in [5.41, 5.74) is 0.956. The van der Waals surface area contributed by atoms with Crippen molar-refractivity contribution in [3.63, 3.8) is 0 Å². The van der Waals surface area contributed by atoms with Crippen molar-refractivity contribution in [1.82, 2.24) is 10.0 Å². The smallest absolute Gasteiger partial charge is 0.338 e. The molecular formula is C20H22N2O5S. The zero-order valence-corrected chi connectivity index (χ0v) is 16.2. The van der Waals surface area contributed by atoms with E-state index in [1.54, 1.807) is 0 Å². The summed E-state index contributed by atoms with van der Waals surface area (Å²) in [7, 11) is -3.76. The lowest BCUT2D eigenvalue weighted by Crippen LogP contribution is -2.31. The molecule has 2 aromatic carbocycles. The molecule has 2 rings (SSSR count). The number of rotatable bonds is 9. The van der Waals surface area contributed by atoms with Gasteiger partial charge in [0.05, 0.1) is 16.5 Å². The van der Waals surface area contributed by atoms with Crippen LogP contribution in [0.1, 0.15) is 28.9 Å². The second-order valence-electron chi connectivity index (χ2n) is 5.94. The SMILES string of the molecule is C=CCNS(=O)(=O)c1cccc(C(=O)OCC(=O)N[C@@H](C)c2ccccc2)c1. The molecule has 0 unspecified atom stereocenters. The van der Waals surface area contributed by atoms with E-state index >= 15 is 0 Å². The lowest BCUT2D eigenvalue weighted by Gasteiger charge is -2.14. The van der Waals surface area contributed by atoms with Crippen LogP contribution in [-0.4, -0.2) is 33.4 Å². The third-order valence-corrected chi connectivity index (χ3v) is 5.23. The first-order valence-corrected chi connectivity index (χ1v) is 10.0. The fraction of sp³-hybridized carbons (Fsp3) is 0.200. The van der Waals surface area contributed by atoms with E-state index in [2.05, 4.69) is 16.6 Å². The Hall–Kier alpha value is -2.97. The summed E-state index contributed by atoms with van der Waals surface area (Å²) in [4.78, 5) is 24.1. The van der Waals surface area contributed by atoms with Gasteiger partial charge in [-0.2, -0.15) is 0 Å². The Morgan fingerprint density at radius 2 is 1.86 bits per heavy atom. The number of ether oxygens (including phenoxy) is 1. The molecular weight excluding hydrogens is 380 g/mol. The van der Waals surface area contributed by atoms with E-state index in [4.69, 9.17) is 4.74 Å². The molecule has 0 bridgehead atoms. The van der Waals surface area contributed by atoms with Crippen molar-refractivity contribution in [1.29, 1.82) is 0 Å². The molecule has 0 aromatic heterocycles. The molecule has 148 valence electrons. The molecule has 0 spiro atoms. The lowest BCUT2D eigenvalue weighted by atomic mass is 10.1. The minimum absolute atomic E-state index is 0.0328. The highest BCUT2D eigenvalue weighted by Gasteiger charge is 2.17. The lowest BCUT2D eigenvalue weighted by molar-refractivity contribution is -0.124. The number of carbonyl (C=O) groups is 2. The maximum atomic E-state index is 12.2. The van der Waals surface area contributed by atoms with E-state index in [1.165, 1.54) is 30.3 Å². The normalized spacial score (nSPS) is 12.0. The molecule has 0 saturated heterocycles. The molecule has 8 heteroatoms. The van der Waals surface area contributed by atoms with Gasteiger partial charge in [0.25, 0.3) is 5.91 Å². The van der Waals surface area contributed by atoms with Crippen LogP contribution in [0.25, 0.3) is 0 Å². The fourth-order valence-corrected chi connectivity index (χ4v) is 3.41. The quantitative estimate of drug-likeness (QED) is 0.495. The van der Waals surface area contributed by atoms with Gasteiger partial charge in [-0.05, 0) is 30.7 Å². The Labute approximate surface area is 164 Å². The van der Waals surface area contributed by atoms with E-state index < -0.39 is 28.5 Å². The van der Waals surface area contributed by atoms with Crippen LogP contribution in [0.4, 0.5) is 0 Å². The van der Waals surface area contributed by atoms with Crippen molar-refractivity contribution < 1.29 is 22.7 Å². The van der Waals surface area contributed by atoms with Gasteiger partial charge in [-0.25, -0.2) is 17.9 Å². The van der Waals surface area contributed by atoms with Crippen LogP contribution < -0.4 is 10.0 Å². The van der Waals surface area contributed by atoms with Crippen LogP contribution in [0.15, 0.2) is 72.1 Å². The molecule has 0 aliphatic heterocycles. The van der Waals surface area contributed by atoms with Crippen LogP contribution in [-0.2, 0) is 19.6 Å². The topological polar surface area (TPSA) is 102 Å². The zero-order valence-electron chi connectivity index (χ0n) is 15.4. The number of sulfonamides is 1. The van der Waals surface area contributed by atoms with Crippen molar-refractivity contribution in [3.05, 3.63) is 78.4 Å². The summed E-state index contributed by atoms with van der Waals surface area (Å²) < 4.78 is 31.5. The molecule has 0 radical (unpaired) electrons. The summed E-state index contributed by atoms with van der Waals surface area (Å²) in [6.45, 7) is 4.86. The standard InChI is InChI=1S/C20H22N2O5S/c1-3-12-21-28(25,26)18-11-7-10-17(13-18)20(24)27-14-19(23)22-15(2)16-8-5-4-6-9-16/h3-11,13,15,21H,1,12,14H2,2H3,(H,22,23)/t15-/m0/s1. The molecule has 1 amide bonds. The third-order valence-electron chi connectivity index (χ3n) is 3.81. The van der Waals surface area contributed by atoms with Gasteiger partial charge in [0.1, 0.15) is 0 Å². The van der Waals surface area contributed by atoms with E-state index in [0.717, 1.165) is 5.56 Å². The van der Waals surface area contributed by atoms with Crippen molar-refractivity contribution in [2.24, 2.45) is 0 Å². The fourth-order valence-electron chi connectivity index (χ4n) is 2.36. The van der Waals surface area contributed by atoms with Gasteiger partial charge in [0.15, 0.2) is 6.61 Å². The molecule has 0 heterocycles. The van der Waals surface area contributed by atoms with Gasteiger partial charge < -0.3 is 10.1 Å². The second-order valence-corrected chi connectivity index (χ2v) is 7.71. The summed E-state index contributed by atoms with van der Waals surface area (Å²) in [5.74, 6) is -1.25. The molecule has 7 nitrogen and oxygen atoms in total. The Bertz CT molecular complexity index is 942. The van der Waals surface area contributed by atoms with Crippen molar-refractivity contribution in [2.45, 2.75) is 17.9 Å². The number of esters is 1. The Morgan fingerprint density at radius 1 is 1.14 bits per heavy atom. The second kappa shape index (κ2) is 9.82. The average molecular weight is 402 g/mol. The Balaban J connectivity index is 1.95. The number of amides is 1. The van der Waals surface area contributed by atoms with Gasteiger partial charge in [-0.3, -0.25) is 4.79 Å². The van der Waals surface area contributed by atoms with E-state index in [-0.39, 0.29) is 23.0 Å². The molecule has 0 saturated carbocycles. The highest BCUT2D eigenvalue weighted by atomic mass is 32.2. The van der Waals surface area contributed by atoms with E-state index in [9.17, 15) is 18.0 Å². The van der Waals surface area contributed by atoms with Crippen molar-refractivity contribution in [3.8, 4) is 0 Å². The largest absolute Gasteiger partial charge is 0.452 e. The summed E-state index contributed by atoms with van der Waals surface area (Å²) in [6.07, 6.45) is 1.41. The summed E-state index contributed by atoms with van der Waals surface area (Å²) in [5, 5.41) is 2.73. The van der Waals surface area contributed by atoms with Crippen LogP contribution >= 0.6 is 0 Å². The van der Waals surface area contributed by atoms with Gasteiger partial charge in [0.2, 0.25) is 10.0 Å². The van der Waals surface area contributed by atoms with Gasteiger partial charge in [-0.15, -0.1) is 6.58 Å². The molecule has 2 N–H and O–H groups in total. The number of hydrogen-bond donors (Lipinski definition) is 2. The molecule has 1 atom stereocenters. The first kappa shape index (κ1) is 21.3. The van der Waals surface area contributed by atoms with E-state index in [0.29, 0.717) is 0 Å². The minimum Gasteiger partial charge on any atom is -0.452 e. The molecule has 2 aromatic rings. The van der Waals surface area contributed by atoms with Crippen LogP contribution in [0, 0.1) is 0 Å². The summed E-state index contributed by atoms with van der Waals surface area (Å²) in [6, 6.07) is 14.5. The highest BCUT2D eigenvalue weighted by molar-refractivity contribution is 7.89. The third kappa shape index (κ3) is 6.04. The first-order valence-electron chi connectivity index (χ1n) is 8.55. The van der Waals surface area contributed by atoms with Crippen molar-refractivity contribution in [2.75, 3.05) is 13.2 Å². The number of benzene rings is 2. The average Bonchev–Trinajstić information content (AvgIpc) is 2.71. The van der Waals surface area contributed by atoms with Crippen LogP contribution in [0.2, 0.25) is 0 Å². The number of carbonyl (C=O) groups excluding carboxylic acids is 2.